The van der Waals surface area contributed by atoms with E-state index in [0.717, 1.165) is 37.3 Å². The summed E-state index contributed by atoms with van der Waals surface area (Å²) in [5.74, 6) is 0.696. The summed E-state index contributed by atoms with van der Waals surface area (Å²) in [5.41, 5.74) is 1.89. The van der Waals surface area contributed by atoms with E-state index >= 15 is 0 Å². The predicted molar refractivity (Wildman–Crippen MR) is 84.2 cm³/mol. The zero-order valence-corrected chi connectivity index (χ0v) is 12.5. The molecule has 1 aliphatic heterocycles. The number of carbonyl (C=O) groups is 1. The van der Waals surface area contributed by atoms with Gasteiger partial charge in [-0.25, -0.2) is 4.79 Å². The molecule has 21 heavy (non-hydrogen) atoms. The quantitative estimate of drug-likeness (QED) is 0.896. The van der Waals surface area contributed by atoms with Crippen molar-refractivity contribution in [2.75, 3.05) is 30.4 Å². The van der Waals surface area contributed by atoms with E-state index in [1.807, 2.05) is 12.1 Å². The molecule has 2 amide bonds. The normalized spacial score (nSPS) is 18.2. The molecule has 1 saturated carbocycles. The average molecular weight is 289 g/mol. The fourth-order valence-electron chi connectivity index (χ4n) is 2.71. The van der Waals surface area contributed by atoms with Crippen molar-refractivity contribution >= 4 is 17.4 Å². The maximum Gasteiger partial charge on any atom is 0.319 e. The molecule has 1 saturated heterocycles. The second-order valence-electron chi connectivity index (χ2n) is 5.81. The highest BCUT2D eigenvalue weighted by Crippen LogP contribution is 2.31. The highest BCUT2D eigenvalue weighted by Gasteiger charge is 2.23. The van der Waals surface area contributed by atoms with Crippen molar-refractivity contribution in [3.8, 4) is 5.75 Å². The molecule has 0 spiro atoms. The number of carbonyl (C=O) groups excluding carboxylic acids is 1. The molecule has 0 bridgehead atoms. The molecule has 2 N–H and O–H groups in total. The zero-order chi connectivity index (χ0) is 14.7. The van der Waals surface area contributed by atoms with E-state index in [0.29, 0.717) is 11.8 Å². The Morgan fingerprint density at radius 3 is 2.67 bits per heavy atom. The van der Waals surface area contributed by atoms with E-state index < -0.39 is 0 Å². The maximum atomic E-state index is 11.9. The number of hydrogen-bond acceptors (Lipinski definition) is 3. The van der Waals surface area contributed by atoms with Crippen LogP contribution in [0.25, 0.3) is 0 Å². The first-order chi connectivity index (χ1) is 10.3. The van der Waals surface area contributed by atoms with Crippen LogP contribution in [-0.2, 0) is 0 Å². The SMILES string of the molecule is COc1ccc(N2CCCCC2)cc1NC(=O)NC1CC1. The highest BCUT2D eigenvalue weighted by molar-refractivity contribution is 5.92. The molecule has 5 heteroatoms. The lowest BCUT2D eigenvalue weighted by atomic mass is 10.1. The number of nitrogens with zero attached hydrogens (tertiary/aromatic N) is 1. The number of hydrogen-bond donors (Lipinski definition) is 2. The molecule has 0 aromatic heterocycles. The number of ether oxygens (including phenoxy) is 1. The number of benzene rings is 1. The van der Waals surface area contributed by atoms with E-state index in [1.165, 1.54) is 19.3 Å². The highest BCUT2D eigenvalue weighted by atomic mass is 16.5. The summed E-state index contributed by atoms with van der Waals surface area (Å²) < 4.78 is 5.35. The van der Waals surface area contributed by atoms with E-state index in [9.17, 15) is 4.79 Å². The number of nitrogens with one attached hydrogen (secondary N) is 2. The second-order valence-corrected chi connectivity index (χ2v) is 5.81. The molecule has 3 rings (SSSR count). The summed E-state index contributed by atoms with van der Waals surface area (Å²) in [6, 6.07) is 6.20. The van der Waals surface area contributed by atoms with Crippen molar-refractivity contribution in [1.82, 2.24) is 5.32 Å². The molecular weight excluding hydrogens is 266 g/mol. The van der Waals surface area contributed by atoms with Crippen LogP contribution in [0.3, 0.4) is 0 Å². The van der Waals surface area contributed by atoms with E-state index in [-0.39, 0.29) is 6.03 Å². The molecule has 1 heterocycles. The van der Waals surface area contributed by atoms with Crippen molar-refractivity contribution in [3.63, 3.8) is 0 Å². The van der Waals surface area contributed by atoms with Gasteiger partial charge in [0.15, 0.2) is 0 Å². The fourth-order valence-corrected chi connectivity index (χ4v) is 2.71. The Balaban J connectivity index is 1.73. The van der Waals surface area contributed by atoms with E-state index in [1.54, 1.807) is 7.11 Å². The first-order valence-electron chi connectivity index (χ1n) is 7.77. The van der Waals surface area contributed by atoms with Crippen LogP contribution in [0.2, 0.25) is 0 Å². The molecule has 2 aliphatic rings. The molecule has 1 aromatic rings. The average Bonchev–Trinajstić information content (AvgIpc) is 3.32. The van der Waals surface area contributed by atoms with Crippen LogP contribution in [0, 0.1) is 0 Å². The Labute approximate surface area is 125 Å². The Morgan fingerprint density at radius 2 is 2.00 bits per heavy atom. The minimum Gasteiger partial charge on any atom is -0.495 e. The second kappa shape index (κ2) is 6.24. The van der Waals surface area contributed by atoms with Gasteiger partial charge in [0.1, 0.15) is 5.75 Å². The minimum absolute atomic E-state index is 0.147. The molecule has 1 aromatic carbocycles. The number of urea groups is 1. The third-order valence-corrected chi connectivity index (χ3v) is 4.07. The van der Waals surface area contributed by atoms with Crippen LogP contribution in [-0.4, -0.2) is 32.3 Å². The van der Waals surface area contributed by atoms with Crippen LogP contribution >= 0.6 is 0 Å². The third kappa shape index (κ3) is 3.60. The van der Waals surface area contributed by atoms with Gasteiger partial charge in [0.2, 0.25) is 0 Å². The lowest BCUT2D eigenvalue weighted by Gasteiger charge is -2.29. The molecule has 5 nitrogen and oxygen atoms in total. The van der Waals surface area contributed by atoms with Crippen LogP contribution in [0.15, 0.2) is 18.2 Å². The lowest BCUT2D eigenvalue weighted by molar-refractivity contribution is 0.251. The van der Waals surface area contributed by atoms with Gasteiger partial charge in [0.25, 0.3) is 0 Å². The van der Waals surface area contributed by atoms with Crippen molar-refractivity contribution in [2.24, 2.45) is 0 Å². The van der Waals surface area contributed by atoms with E-state index in [2.05, 4.69) is 21.6 Å². The zero-order valence-electron chi connectivity index (χ0n) is 12.5. The smallest absolute Gasteiger partial charge is 0.319 e. The van der Waals surface area contributed by atoms with Gasteiger partial charge in [0, 0.05) is 24.8 Å². The van der Waals surface area contributed by atoms with Gasteiger partial charge in [-0.1, -0.05) is 0 Å². The van der Waals surface area contributed by atoms with Crippen molar-refractivity contribution in [2.45, 2.75) is 38.1 Å². The molecule has 114 valence electrons. The number of rotatable bonds is 4. The third-order valence-electron chi connectivity index (χ3n) is 4.07. The summed E-state index contributed by atoms with van der Waals surface area (Å²) in [4.78, 5) is 14.3. The minimum atomic E-state index is -0.147. The number of amides is 2. The van der Waals surface area contributed by atoms with Gasteiger partial charge >= 0.3 is 6.03 Å². The Bertz CT molecular complexity index is 508. The Morgan fingerprint density at radius 1 is 1.24 bits per heavy atom. The molecule has 2 fully saturated rings. The van der Waals surface area contributed by atoms with Gasteiger partial charge in [-0.15, -0.1) is 0 Å². The molecule has 1 aliphatic carbocycles. The van der Waals surface area contributed by atoms with Gasteiger partial charge < -0.3 is 20.3 Å². The van der Waals surface area contributed by atoms with Gasteiger partial charge in [0.05, 0.1) is 12.8 Å². The largest absolute Gasteiger partial charge is 0.495 e. The Hall–Kier alpha value is -1.91. The predicted octanol–water partition coefficient (Wildman–Crippen LogP) is 2.97. The van der Waals surface area contributed by atoms with Crippen molar-refractivity contribution in [3.05, 3.63) is 18.2 Å². The van der Waals surface area contributed by atoms with E-state index in [4.69, 9.17) is 4.74 Å². The first kappa shape index (κ1) is 14.0. The number of anilines is 2. The van der Waals surface area contributed by atoms with Crippen molar-refractivity contribution in [1.29, 1.82) is 0 Å². The van der Waals surface area contributed by atoms with Crippen LogP contribution < -0.4 is 20.3 Å². The first-order valence-corrected chi connectivity index (χ1v) is 7.77. The van der Waals surface area contributed by atoms with Crippen LogP contribution in [0.5, 0.6) is 5.75 Å². The number of methoxy groups -OCH3 is 1. The molecule has 0 unspecified atom stereocenters. The fraction of sp³-hybridized carbons (Fsp3) is 0.562. The summed E-state index contributed by atoms with van der Waals surface area (Å²) in [7, 11) is 1.62. The standard InChI is InChI=1S/C16H23N3O2/c1-21-15-8-7-13(19-9-3-2-4-10-19)11-14(15)18-16(20)17-12-5-6-12/h7-8,11-12H,2-6,9-10H2,1H3,(H2,17,18,20). The van der Waals surface area contributed by atoms with Gasteiger partial charge in [-0.05, 0) is 50.3 Å². The lowest BCUT2D eigenvalue weighted by Crippen LogP contribution is -2.31. The van der Waals surface area contributed by atoms with Crippen LogP contribution in [0.1, 0.15) is 32.1 Å². The van der Waals surface area contributed by atoms with Gasteiger partial charge in [-0.3, -0.25) is 0 Å². The molecule has 0 radical (unpaired) electrons. The van der Waals surface area contributed by atoms with Crippen molar-refractivity contribution < 1.29 is 9.53 Å². The van der Waals surface area contributed by atoms with Gasteiger partial charge in [-0.2, -0.15) is 0 Å². The topological polar surface area (TPSA) is 53.6 Å². The maximum absolute atomic E-state index is 11.9. The molecular formula is C16H23N3O2. The number of piperidine rings is 1. The summed E-state index contributed by atoms with van der Waals surface area (Å²) in [6.45, 7) is 2.17. The summed E-state index contributed by atoms with van der Waals surface area (Å²) in [6.07, 6.45) is 5.94. The van der Waals surface area contributed by atoms with Crippen LogP contribution in [0.4, 0.5) is 16.2 Å². The monoisotopic (exact) mass is 289 g/mol. The summed E-state index contributed by atoms with van der Waals surface area (Å²) in [5, 5.41) is 5.84. The summed E-state index contributed by atoms with van der Waals surface area (Å²) >= 11 is 0. The molecule has 0 atom stereocenters. The Kier molecular flexibility index (Phi) is 4.18.